The minimum atomic E-state index is -0.346. The Balaban J connectivity index is 1.33. The summed E-state index contributed by atoms with van der Waals surface area (Å²) in [5, 5.41) is 4.46. The van der Waals surface area contributed by atoms with Crippen LogP contribution in [0.5, 0.6) is 0 Å². The van der Waals surface area contributed by atoms with Gasteiger partial charge >= 0.3 is 0 Å². The fourth-order valence-corrected chi connectivity index (χ4v) is 4.87. The van der Waals surface area contributed by atoms with Crippen LogP contribution in [0.15, 0.2) is 65.6 Å². The summed E-state index contributed by atoms with van der Waals surface area (Å²) in [5.74, 6) is 1.43. The Morgan fingerprint density at radius 2 is 1.81 bits per heavy atom. The normalized spacial score (nSPS) is 13.9. The van der Waals surface area contributed by atoms with Crippen LogP contribution in [0.3, 0.4) is 0 Å². The zero-order valence-corrected chi connectivity index (χ0v) is 19.5. The van der Waals surface area contributed by atoms with Gasteiger partial charge in [0.05, 0.1) is 23.3 Å². The average Bonchev–Trinajstić information content (AvgIpc) is 2.81. The number of hydrogen-bond acceptors (Lipinski definition) is 5. The van der Waals surface area contributed by atoms with Crippen molar-refractivity contribution in [2.24, 2.45) is 0 Å². The molecule has 4 rings (SSSR count). The standard InChI is InChI=1S/C24H25ClN4O2S/c1-18-6-5-7-19(14-18)16-32-17-22(30)28-12-10-27(11-13-28)21-15-26-29(24(31)23(21)25)20-8-3-2-4-9-20/h2-9,14-15H,10-13,16-17H2,1H3. The van der Waals surface area contributed by atoms with Crippen molar-refractivity contribution >= 4 is 35.0 Å². The van der Waals surface area contributed by atoms with Crippen molar-refractivity contribution in [2.75, 3.05) is 36.8 Å². The molecule has 8 heteroatoms. The molecule has 0 N–H and O–H groups in total. The van der Waals surface area contributed by atoms with Gasteiger partial charge in [0.1, 0.15) is 5.02 Å². The molecule has 1 aliphatic heterocycles. The number of aromatic nitrogens is 2. The van der Waals surface area contributed by atoms with Crippen molar-refractivity contribution in [2.45, 2.75) is 12.7 Å². The third kappa shape index (κ3) is 5.16. The zero-order chi connectivity index (χ0) is 22.5. The van der Waals surface area contributed by atoms with Crippen LogP contribution >= 0.6 is 23.4 Å². The fourth-order valence-electron chi connectivity index (χ4n) is 3.74. The van der Waals surface area contributed by atoms with Gasteiger partial charge in [0.25, 0.3) is 5.56 Å². The maximum atomic E-state index is 12.7. The van der Waals surface area contributed by atoms with Gasteiger partial charge in [0.2, 0.25) is 5.91 Å². The third-order valence-corrected chi connectivity index (χ3v) is 6.79. The van der Waals surface area contributed by atoms with Gasteiger partial charge in [-0.3, -0.25) is 9.59 Å². The molecular weight excluding hydrogens is 444 g/mol. The molecule has 0 radical (unpaired) electrons. The van der Waals surface area contributed by atoms with Gasteiger partial charge in [0, 0.05) is 31.9 Å². The van der Waals surface area contributed by atoms with Crippen LogP contribution in [-0.2, 0) is 10.5 Å². The predicted molar refractivity (Wildman–Crippen MR) is 131 cm³/mol. The number of anilines is 1. The molecule has 2 heterocycles. The van der Waals surface area contributed by atoms with Crippen LogP contribution in [0.2, 0.25) is 5.02 Å². The van der Waals surface area contributed by atoms with Crippen molar-refractivity contribution in [3.63, 3.8) is 0 Å². The van der Waals surface area contributed by atoms with E-state index < -0.39 is 0 Å². The van der Waals surface area contributed by atoms with Gasteiger partial charge in [-0.1, -0.05) is 59.6 Å². The first-order valence-corrected chi connectivity index (χ1v) is 12.1. The van der Waals surface area contributed by atoms with Crippen LogP contribution in [0.4, 0.5) is 5.69 Å². The second-order valence-corrected chi connectivity index (χ2v) is 9.11. The van der Waals surface area contributed by atoms with Crippen molar-refractivity contribution in [3.8, 4) is 5.69 Å². The van der Waals surface area contributed by atoms with Gasteiger partial charge in [-0.05, 0) is 24.6 Å². The first-order chi connectivity index (χ1) is 15.5. The van der Waals surface area contributed by atoms with Gasteiger partial charge in [-0.25, -0.2) is 0 Å². The molecule has 0 spiro atoms. The van der Waals surface area contributed by atoms with Crippen molar-refractivity contribution in [1.82, 2.24) is 14.7 Å². The number of nitrogens with zero attached hydrogens (tertiary/aromatic N) is 4. The highest BCUT2D eigenvalue weighted by atomic mass is 35.5. The number of benzene rings is 2. The number of rotatable bonds is 6. The van der Waals surface area contributed by atoms with Gasteiger partial charge in [-0.2, -0.15) is 9.78 Å². The van der Waals surface area contributed by atoms with Gasteiger partial charge < -0.3 is 9.80 Å². The van der Waals surface area contributed by atoms with E-state index in [-0.39, 0.29) is 16.5 Å². The molecule has 0 atom stereocenters. The van der Waals surface area contributed by atoms with E-state index in [0.29, 0.717) is 43.3 Å². The summed E-state index contributed by atoms with van der Waals surface area (Å²) in [6, 6.07) is 17.6. The molecule has 0 saturated carbocycles. The number of carbonyl (C=O) groups excluding carboxylic acids is 1. The van der Waals surface area contributed by atoms with Crippen LogP contribution in [-0.4, -0.2) is 52.5 Å². The second-order valence-electron chi connectivity index (χ2n) is 7.75. The Morgan fingerprint density at radius 1 is 1.06 bits per heavy atom. The fraction of sp³-hybridized carbons (Fsp3) is 0.292. The summed E-state index contributed by atoms with van der Waals surface area (Å²) < 4.78 is 1.30. The van der Waals surface area contributed by atoms with E-state index >= 15 is 0 Å². The lowest BCUT2D eigenvalue weighted by Gasteiger charge is -2.36. The Kier molecular flexibility index (Phi) is 7.17. The number of thioether (sulfide) groups is 1. The molecule has 3 aromatic rings. The van der Waals surface area contributed by atoms with E-state index in [2.05, 4.69) is 30.2 Å². The number of aryl methyl sites for hydroxylation is 1. The molecule has 0 bridgehead atoms. The van der Waals surface area contributed by atoms with E-state index in [0.717, 1.165) is 5.75 Å². The Morgan fingerprint density at radius 3 is 2.53 bits per heavy atom. The quantitative estimate of drug-likeness (QED) is 0.551. The first kappa shape index (κ1) is 22.4. The van der Waals surface area contributed by atoms with E-state index in [1.165, 1.54) is 15.8 Å². The van der Waals surface area contributed by atoms with Crippen molar-refractivity contribution in [3.05, 3.63) is 87.3 Å². The molecule has 2 aromatic carbocycles. The molecule has 1 aromatic heterocycles. The Hall–Kier alpha value is -2.77. The van der Waals surface area contributed by atoms with Crippen LogP contribution in [0.1, 0.15) is 11.1 Å². The molecule has 1 amide bonds. The molecule has 1 saturated heterocycles. The lowest BCUT2D eigenvalue weighted by molar-refractivity contribution is -0.128. The third-order valence-electron chi connectivity index (χ3n) is 5.45. The Labute approximate surface area is 196 Å². The highest BCUT2D eigenvalue weighted by Crippen LogP contribution is 2.23. The second kappa shape index (κ2) is 10.2. The number of para-hydroxylation sites is 1. The number of piperazine rings is 1. The largest absolute Gasteiger partial charge is 0.365 e. The molecule has 32 heavy (non-hydrogen) atoms. The molecule has 6 nitrogen and oxygen atoms in total. The Bertz CT molecular complexity index is 1140. The van der Waals surface area contributed by atoms with Crippen molar-refractivity contribution in [1.29, 1.82) is 0 Å². The zero-order valence-electron chi connectivity index (χ0n) is 17.9. The summed E-state index contributed by atoms with van der Waals surface area (Å²) in [6.07, 6.45) is 1.63. The highest BCUT2D eigenvalue weighted by molar-refractivity contribution is 7.99. The maximum Gasteiger partial charge on any atom is 0.292 e. The number of hydrogen-bond donors (Lipinski definition) is 0. The minimum absolute atomic E-state index is 0.144. The summed E-state index contributed by atoms with van der Waals surface area (Å²) in [6.45, 7) is 4.50. The van der Waals surface area contributed by atoms with Crippen LogP contribution in [0, 0.1) is 6.92 Å². The monoisotopic (exact) mass is 468 g/mol. The molecule has 0 unspecified atom stereocenters. The molecular formula is C24H25ClN4O2S. The van der Waals surface area contributed by atoms with E-state index in [1.54, 1.807) is 18.0 Å². The topological polar surface area (TPSA) is 58.4 Å². The van der Waals surface area contributed by atoms with Gasteiger partial charge in [0.15, 0.2) is 0 Å². The number of amides is 1. The average molecular weight is 469 g/mol. The van der Waals surface area contributed by atoms with E-state index in [1.807, 2.05) is 46.2 Å². The molecule has 1 fully saturated rings. The summed E-state index contributed by atoms with van der Waals surface area (Å²) in [5.41, 5.74) is 3.41. The minimum Gasteiger partial charge on any atom is -0.365 e. The smallest absolute Gasteiger partial charge is 0.292 e. The van der Waals surface area contributed by atoms with Crippen molar-refractivity contribution < 1.29 is 4.79 Å². The molecule has 166 valence electrons. The van der Waals surface area contributed by atoms with E-state index in [9.17, 15) is 9.59 Å². The lowest BCUT2D eigenvalue weighted by Crippen LogP contribution is -2.49. The van der Waals surface area contributed by atoms with E-state index in [4.69, 9.17) is 11.6 Å². The summed E-state index contributed by atoms with van der Waals surface area (Å²) in [7, 11) is 0. The summed E-state index contributed by atoms with van der Waals surface area (Å²) in [4.78, 5) is 29.3. The van der Waals surface area contributed by atoms with Crippen LogP contribution < -0.4 is 10.5 Å². The first-order valence-electron chi connectivity index (χ1n) is 10.5. The predicted octanol–water partition coefficient (Wildman–Crippen LogP) is 3.78. The molecule has 1 aliphatic rings. The SMILES string of the molecule is Cc1cccc(CSCC(=O)N2CCN(c3cnn(-c4ccccc4)c(=O)c3Cl)CC2)c1. The summed E-state index contributed by atoms with van der Waals surface area (Å²) >= 11 is 8.06. The number of halogens is 1. The number of carbonyl (C=O) groups is 1. The lowest BCUT2D eigenvalue weighted by atomic mass is 10.2. The van der Waals surface area contributed by atoms with Crippen LogP contribution in [0.25, 0.3) is 5.69 Å². The van der Waals surface area contributed by atoms with Gasteiger partial charge in [-0.15, -0.1) is 11.8 Å². The molecule has 0 aliphatic carbocycles. The highest BCUT2D eigenvalue weighted by Gasteiger charge is 2.24. The maximum absolute atomic E-state index is 12.7.